The lowest BCUT2D eigenvalue weighted by molar-refractivity contribution is -0.121. The van der Waals surface area contributed by atoms with Gasteiger partial charge in [-0.1, -0.05) is 18.9 Å². The highest BCUT2D eigenvalue weighted by Gasteiger charge is 2.23. The summed E-state index contributed by atoms with van der Waals surface area (Å²) in [5.41, 5.74) is -0.214. The average Bonchev–Trinajstić information content (AvgIpc) is 2.42. The monoisotopic (exact) mass is 283 g/mol. The summed E-state index contributed by atoms with van der Waals surface area (Å²) in [5, 5.41) is 12.4. The fourth-order valence-corrected chi connectivity index (χ4v) is 2.60. The molecule has 20 heavy (non-hydrogen) atoms. The first-order valence-corrected chi connectivity index (χ1v) is 6.95. The number of amides is 1. The van der Waals surface area contributed by atoms with Gasteiger partial charge in [-0.3, -0.25) is 4.79 Å². The van der Waals surface area contributed by atoms with Crippen LogP contribution < -0.4 is 5.32 Å². The Morgan fingerprint density at radius 1 is 1.25 bits per heavy atom. The molecule has 0 saturated heterocycles. The largest absolute Gasteiger partial charge is 0.393 e. The van der Waals surface area contributed by atoms with Crippen LogP contribution in [0, 0.1) is 17.6 Å². The van der Waals surface area contributed by atoms with Gasteiger partial charge in [-0.15, -0.1) is 0 Å². The van der Waals surface area contributed by atoms with Crippen molar-refractivity contribution in [2.24, 2.45) is 5.92 Å². The van der Waals surface area contributed by atoms with Gasteiger partial charge in [-0.2, -0.15) is 0 Å². The minimum atomic E-state index is -0.710. The summed E-state index contributed by atoms with van der Waals surface area (Å²) >= 11 is 0. The Hall–Kier alpha value is -1.49. The van der Waals surface area contributed by atoms with Gasteiger partial charge >= 0.3 is 0 Å². The van der Waals surface area contributed by atoms with Gasteiger partial charge in [0.1, 0.15) is 11.6 Å². The number of hydrogen-bond donors (Lipinski definition) is 2. The molecule has 0 spiro atoms. The zero-order valence-corrected chi connectivity index (χ0v) is 11.2. The molecule has 1 fully saturated rings. The van der Waals surface area contributed by atoms with Gasteiger partial charge in [0.15, 0.2) is 0 Å². The molecule has 0 bridgehead atoms. The van der Waals surface area contributed by atoms with Crippen molar-refractivity contribution in [3.8, 4) is 0 Å². The number of hydrogen-bond acceptors (Lipinski definition) is 2. The molecule has 1 amide bonds. The highest BCUT2D eigenvalue weighted by atomic mass is 19.1. The molecule has 2 unspecified atom stereocenters. The summed E-state index contributed by atoms with van der Waals surface area (Å²) in [6.45, 7) is 0.357. The van der Waals surface area contributed by atoms with Gasteiger partial charge in [0.2, 0.25) is 5.91 Å². The lowest BCUT2D eigenvalue weighted by Gasteiger charge is -2.27. The first-order valence-electron chi connectivity index (χ1n) is 6.95. The number of nitrogens with one attached hydrogen (secondary N) is 1. The van der Waals surface area contributed by atoms with E-state index < -0.39 is 23.6 Å². The highest BCUT2D eigenvalue weighted by molar-refractivity contribution is 5.78. The third-order valence-corrected chi connectivity index (χ3v) is 3.83. The second-order valence-corrected chi connectivity index (χ2v) is 5.29. The molecule has 1 aliphatic carbocycles. The van der Waals surface area contributed by atoms with Crippen molar-refractivity contribution >= 4 is 5.91 Å². The number of carbonyl (C=O) groups is 1. The molecule has 1 aromatic carbocycles. The van der Waals surface area contributed by atoms with Crippen LogP contribution in [0.2, 0.25) is 0 Å². The van der Waals surface area contributed by atoms with Crippen LogP contribution >= 0.6 is 0 Å². The molecule has 1 saturated carbocycles. The molecule has 110 valence electrons. The van der Waals surface area contributed by atoms with Gasteiger partial charge in [-0.25, -0.2) is 8.78 Å². The minimum Gasteiger partial charge on any atom is -0.393 e. The summed E-state index contributed by atoms with van der Waals surface area (Å²) < 4.78 is 26.8. The maximum Gasteiger partial charge on any atom is 0.224 e. The van der Waals surface area contributed by atoms with E-state index >= 15 is 0 Å². The highest BCUT2D eigenvalue weighted by Crippen LogP contribution is 2.23. The van der Waals surface area contributed by atoms with Crippen LogP contribution in [0.1, 0.15) is 31.2 Å². The molecular formula is C15H19F2NO2. The standard InChI is InChI=1S/C15H19F2NO2/c16-12-5-3-6-13(17)11(12)8-15(20)18-9-10-4-1-2-7-14(10)19/h3,5-6,10,14,19H,1-2,4,7-9H2,(H,18,20). The zero-order chi connectivity index (χ0) is 14.5. The van der Waals surface area contributed by atoms with Gasteiger partial charge in [-0.05, 0) is 25.0 Å². The van der Waals surface area contributed by atoms with Crippen molar-refractivity contribution in [3.05, 3.63) is 35.4 Å². The van der Waals surface area contributed by atoms with E-state index in [9.17, 15) is 18.7 Å². The van der Waals surface area contributed by atoms with E-state index in [0.717, 1.165) is 37.8 Å². The number of carbonyl (C=O) groups excluding carboxylic acids is 1. The van der Waals surface area contributed by atoms with E-state index in [2.05, 4.69) is 5.32 Å². The smallest absolute Gasteiger partial charge is 0.224 e. The van der Waals surface area contributed by atoms with Gasteiger partial charge in [0, 0.05) is 18.0 Å². The van der Waals surface area contributed by atoms with E-state index in [1.54, 1.807) is 0 Å². The van der Waals surface area contributed by atoms with E-state index in [1.807, 2.05) is 0 Å². The summed E-state index contributed by atoms with van der Waals surface area (Å²) in [7, 11) is 0. The van der Waals surface area contributed by atoms with Crippen molar-refractivity contribution < 1.29 is 18.7 Å². The van der Waals surface area contributed by atoms with Gasteiger partial charge < -0.3 is 10.4 Å². The van der Waals surface area contributed by atoms with Crippen LogP contribution in [-0.2, 0) is 11.2 Å². The fourth-order valence-electron chi connectivity index (χ4n) is 2.60. The summed E-state index contributed by atoms with van der Waals surface area (Å²) in [6.07, 6.45) is 2.96. The second-order valence-electron chi connectivity index (χ2n) is 5.29. The van der Waals surface area contributed by atoms with Crippen LogP contribution in [0.15, 0.2) is 18.2 Å². The molecule has 5 heteroatoms. The van der Waals surface area contributed by atoms with Crippen LogP contribution in [0.5, 0.6) is 0 Å². The Bertz CT molecular complexity index is 459. The van der Waals surface area contributed by atoms with E-state index in [0.29, 0.717) is 6.54 Å². The number of benzene rings is 1. The molecule has 1 aliphatic rings. The van der Waals surface area contributed by atoms with Crippen LogP contribution in [-0.4, -0.2) is 23.7 Å². The van der Waals surface area contributed by atoms with Gasteiger partial charge in [0.25, 0.3) is 0 Å². The van der Waals surface area contributed by atoms with E-state index in [-0.39, 0.29) is 17.9 Å². The normalized spacial score (nSPS) is 22.6. The molecule has 2 N–H and O–H groups in total. The Kier molecular flexibility index (Phi) is 5.06. The van der Waals surface area contributed by atoms with E-state index in [4.69, 9.17) is 0 Å². The molecule has 2 atom stereocenters. The molecular weight excluding hydrogens is 264 g/mol. The number of rotatable bonds is 4. The Labute approximate surface area is 117 Å². The Balaban J connectivity index is 1.86. The van der Waals surface area contributed by atoms with E-state index in [1.165, 1.54) is 6.07 Å². The first kappa shape index (κ1) is 14.9. The SMILES string of the molecule is O=C(Cc1c(F)cccc1F)NCC1CCCCC1O. The number of aliphatic hydroxyl groups is 1. The number of halogens is 2. The maximum absolute atomic E-state index is 13.4. The lowest BCUT2D eigenvalue weighted by atomic mass is 9.86. The minimum absolute atomic E-state index is 0.0400. The second kappa shape index (κ2) is 6.79. The average molecular weight is 283 g/mol. The zero-order valence-electron chi connectivity index (χ0n) is 11.2. The van der Waals surface area contributed by atoms with Crippen molar-refractivity contribution in [3.63, 3.8) is 0 Å². The third-order valence-electron chi connectivity index (χ3n) is 3.83. The Morgan fingerprint density at radius 3 is 2.55 bits per heavy atom. The van der Waals surface area contributed by atoms with Crippen LogP contribution in [0.25, 0.3) is 0 Å². The molecule has 0 heterocycles. The van der Waals surface area contributed by atoms with Crippen molar-refractivity contribution in [2.75, 3.05) is 6.54 Å². The molecule has 0 aliphatic heterocycles. The summed E-state index contributed by atoms with van der Waals surface area (Å²) in [5.74, 6) is -1.80. The van der Waals surface area contributed by atoms with Crippen molar-refractivity contribution in [2.45, 2.75) is 38.2 Å². The van der Waals surface area contributed by atoms with Crippen molar-refractivity contribution in [1.29, 1.82) is 0 Å². The molecule has 3 nitrogen and oxygen atoms in total. The Morgan fingerprint density at radius 2 is 1.90 bits per heavy atom. The molecule has 0 radical (unpaired) electrons. The molecule has 0 aromatic heterocycles. The maximum atomic E-state index is 13.4. The predicted octanol–water partition coefficient (Wildman–Crippen LogP) is 2.17. The topological polar surface area (TPSA) is 49.3 Å². The number of aliphatic hydroxyl groups excluding tert-OH is 1. The third kappa shape index (κ3) is 3.76. The lowest BCUT2D eigenvalue weighted by Crippen LogP contribution is -2.37. The fraction of sp³-hybridized carbons (Fsp3) is 0.533. The molecule has 1 aromatic rings. The van der Waals surface area contributed by atoms with Crippen molar-refractivity contribution in [1.82, 2.24) is 5.32 Å². The summed E-state index contributed by atoms with van der Waals surface area (Å²) in [6, 6.07) is 3.54. The quantitative estimate of drug-likeness (QED) is 0.889. The van der Waals surface area contributed by atoms with Crippen LogP contribution in [0.4, 0.5) is 8.78 Å². The van der Waals surface area contributed by atoms with Crippen LogP contribution in [0.3, 0.4) is 0 Å². The predicted molar refractivity (Wildman–Crippen MR) is 71.0 cm³/mol. The first-order chi connectivity index (χ1) is 9.58. The molecule has 2 rings (SSSR count). The van der Waals surface area contributed by atoms with Gasteiger partial charge in [0.05, 0.1) is 12.5 Å². The summed E-state index contributed by atoms with van der Waals surface area (Å²) in [4.78, 5) is 11.7.